The molecule has 2 bridgehead atoms. The van der Waals surface area contributed by atoms with Gasteiger partial charge in [0.15, 0.2) is 0 Å². The van der Waals surface area contributed by atoms with Crippen molar-refractivity contribution in [1.82, 2.24) is 0 Å². The molecule has 1 spiro atoms. The summed E-state index contributed by atoms with van der Waals surface area (Å²) in [5, 5.41) is 11.0. The Labute approximate surface area is 148 Å². The predicted molar refractivity (Wildman–Crippen MR) is 94.5 cm³/mol. The smallest absolute Gasteiger partial charge is 0.0706 e. The molecule has 5 fully saturated rings. The van der Waals surface area contributed by atoms with E-state index in [2.05, 4.69) is 29.8 Å². The summed E-state index contributed by atoms with van der Waals surface area (Å²) in [6, 6.07) is 0. The van der Waals surface area contributed by atoms with Crippen molar-refractivity contribution in [2.75, 3.05) is 6.61 Å². The fraction of sp³-hybridized carbons (Fsp3) is 1.00. The number of rotatable bonds is 0. The fourth-order valence-corrected chi connectivity index (χ4v) is 8.73. The molecule has 5 rings (SSSR count). The molecule has 1 saturated heterocycles. The predicted octanol–water partition coefficient (Wildman–Crippen LogP) is 4.53. The Bertz CT molecular complexity index is 520. The number of ether oxygens (including phenoxy) is 1. The van der Waals surface area contributed by atoms with Gasteiger partial charge >= 0.3 is 0 Å². The highest BCUT2D eigenvalue weighted by Crippen LogP contribution is 2.69. The van der Waals surface area contributed by atoms with Gasteiger partial charge in [-0.3, -0.25) is 0 Å². The zero-order chi connectivity index (χ0) is 16.0. The lowest BCUT2D eigenvalue weighted by atomic mass is 9.44. The number of halogens is 1. The second-order valence-electron chi connectivity index (χ2n) is 9.96. The fourth-order valence-electron chi connectivity index (χ4n) is 7.94. The van der Waals surface area contributed by atoms with Crippen molar-refractivity contribution in [3.05, 3.63) is 0 Å². The maximum atomic E-state index is 11.0. The summed E-state index contributed by atoms with van der Waals surface area (Å²) in [6.45, 7) is 5.53. The minimum atomic E-state index is -0.445. The molecular weight excluding hydrogens is 352 g/mol. The molecule has 1 heterocycles. The van der Waals surface area contributed by atoms with Gasteiger partial charge in [0.2, 0.25) is 0 Å². The number of hydrogen-bond acceptors (Lipinski definition) is 2. The van der Waals surface area contributed by atoms with Gasteiger partial charge in [-0.25, -0.2) is 0 Å². The van der Waals surface area contributed by atoms with Crippen LogP contribution in [-0.4, -0.2) is 28.2 Å². The first-order chi connectivity index (χ1) is 10.9. The second-order valence-corrected chi connectivity index (χ2v) is 11.1. The summed E-state index contributed by atoms with van der Waals surface area (Å²) in [5.74, 6) is 3.32. The summed E-state index contributed by atoms with van der Waals surface area (Å²) in [5.41, 5.74) is 0.191. The van der Waals surface area contributed by atoms with E-state index in [-0.39, 0.29) is 5.41 Å². The zero-order valence-electron chi connectivity index (χ0n) is 14.6. The molecule has 0 aromatic carbocycles. The average Bonchev–Trinajstić information content (AvgIpc) is 3.00. The van der Waals surface area contributed by atoms with E-state index in [1.165, 1.54) is 44.9 Å². The van der Waals surface area contributed by atoms with Gasteiger partial charge in [-0.15, -0.1) is 0 Å². The highest BCUT2D eigenvalue weighted by atomic mass is 79.9. The van der Waals surface area contributed by atoms with Crippen LogP contribution in [0, 0.1) is 34.5 Å². The molecule has 4 aliphatic carbocycles. The lowest BCUT2D eigenvalue weighted by molar-refractivity contribution is -0.143. The van der Waals surface area contributed by atoms with Crippen molar-refractivity contribution in [2.45, 2.75) is 81.7 Å². The van der Waals surface area contributed by atoms with E-state index in [9.17, 15) is 5.11 Å². The highest BCUT2D eigenvalue weighted by Gasteiger charge is 2.66. The molecule has 23 heavy (non-hydrogen) atoms. The van der Waals surface area contributed by atoms with Crippen molar-refractivity contribution in [2.24, 2.45) is 34.5 Å². The molecule has 2 nitrogen and oxygen atoms in total. The van der Waals surface area contributed by atoms with Gasteiger partial charge in [0, 0.05) is 10.2 Å². The van der Waals surface area contributed by atoms with Crippen molar-refractivity contribution in [3.8, 4) is 0 Å². The molecule has 0 aromatic rings. The van der Waals surface area contributed by atoms with Crippen LogP contribution in [0.15, 0.2) is 0 Å². The second kappa shape index (κ2) is 4.76. The maximum Gasteiger partial charge on any atom is 0.0706 e. The van der Waals surface area contributed by atoms with Gasteiger partial charge in [-0.2, -0.15) is 0 Å². The summed E-state index contributed by atoms with van der Waals surface area (Å²) in [7, 11) is 0. The molecular formula is C20H31BrO2. The third kappa shape index (κ3) is 1.83. The van der Waals surface area contributed by atoms with Crippen LogP contribution in [0.2, 0.25) is 0 Å². The summed E-state index contributed by atoms with van der Waals surface area (Å²) in [4.78, 5) is 0.584. The minimum absolute atomic E-state index is 0.156. The van der Waals surface area contributed by atoms with Crippen molar-refractivity contribution < 1.29 is 9.84 Å². The van der Waals surface area contributed by atoms with Crippen LogP contribution in [0.1, 0.15) is 65.2 Å². The number of alkyl halides is 1. The van der Waals surface area contributed by atoms with Gasteiger partial charge in [0.1, 0.15) is 0 Å². The Morgan fingerprint density at radius 2 is 1.83 bits per heavy atom. The van der Waals surface area contributed by atoms with Crippen LogP contribution in [0.3, 0.4) is 0 Å². The molecule has 5 aliphatic rings. The summed E-state index contributed by atoms with van der Waals surface area (Å²) < 4.78 is 6.28. The Morgan fingerprint density at radius 3 is 2.65 bits per heavy atom. The summed E-state index contributed by atoms with van der Waals surface area (Å²) in [6.07, 6.45) is 10.7. The van der Waals surface area contributed by atoms with Crippen LogP contribution in [-0.2, 0) is 4.74 Å². The van der Waals surface area contributed by atoms with Crippen molar-refractivity contribution in [1.29, 1.82) is 0 Å². The molecule has 130 valence electrons. The standard InChI is InChI=1S/C20H31BrO2/c1-18-7-5-15-13(14(18)6-8-19(18,2)22)4-3-12-9-16(21)17-10-20(12,15)11-23-17/h12-17,22H,3-11H2,1-2H3/t12-,13-,14-,15-,16-,17-,18-,19-,20+/m0/s1. The molecule has 4 saturated carbocycles. The Hall–Kier alpha value is 0.400. The van der Waals surface area contributed by atoms with E-state index in [1.807, 2.05) is 0 Å². The Kier molecular flexibility index (Phi) is 3.24. The maximum absolute atomic E-state index is 11.0. The largest absolute Gasteiger partial charge is 0.390 e. The van der Waals surface area contributed by atoms with Crippen LogP contribution in [0.5, 0.6) is 0 Å². The first-order valence-corrected chi connectivity index (χ1v) is 10.8. The quantitative estimate of drug-likeness (QED) is 0.623. The zero-order valence-corrected chi connectivity index (χ0v) is 16.1. The van der Waals surface area contributed by atoms with Crippen molar-refractivity contribution >= 4 is 15.9 Å². The van der Waals surface area contributed by atoms with E-state index in [0.29, 0.717) is 16.3 Å². The monoisotopic (exact) mass is 382 g/mol. The van der Waals surface area contributed by atoms with Crippen LogP contribution < -0.4 is 0 Å². The van der Waals surface area contributed by atoms with Crippen LogP contribution in [0.4, 0.5) is 0 Å². The first kappa shape index (κ1) is 15.6. The summed E-state index contributed by atoms with van der Waals surface area (Å²) >= 11 is 3.90. The van der Waals surface area contributed by atoms with Gasteiger partial charge < -0.3 is 9.84 Å². The third-order valence-corrected chi connectivity index (χ3v) is 10.4. The van der Waals surface area contributed by atoms with Gasteiger partial charge in [0.05, 0.1) is 18.3 Å². The molecule has 1 aliphatic heterocycles. The van der Waals surface area contributed by atoms with E-state index in [4.69, 9.17) is 4.74 Å². The number of hydrogen-bond donors (Lipinski definition) is 1. The van der Waals surface area contributed by atoms with Crippen LogP contribution >= 0.6 is 15.9 Å². The Morgan fingerprint density at radius 1 is 1.04 bits per heavy atom. The average molecular weight is 383 g/mol. The minimum Gasteiger partial charge on any atom is -0.390 e. The lowest BCUT2D eigenvalue weighted by Crippen LogP contribution is -2.57. The molecule has 0 radical (unpaired) electrons. The number of fused-ring (bicyclic) bond motifs is 4. The lowest BCUT2D eigenvalue weighted by Gasteiger charge is -2.60. The van der Waals surface area contributed by atoms with Gasteiger partial charge in [-0.05, 0) is 87.4 Å². The van der Waals surface area contributed by atoms with E-state index in [1.54, 1.807) is 0 Å². The molecule has 3 heteroatoms. The molecule has 0 aromatic heterocycles. The van der Waals surface area contributed by atoms with Crippen LogP contribution in [0.25, 0.3) is 0 Å². The first-order valence-electron chi connectivity index (χ1n) is 9.85. The third-order valence-electron chi connectivity index (χ3n) is 9.46. The molecule has 9 atom stereocenters. The van der Waals surface area contributed by atoms with Gasteiger partial charge in [-0.1, -0.05) is 22.9 Å². The molecule has 0 amide bonds. The van der Waals surface area contributed by atoms with E-state index in [0.717, 1.165) is 36.7 Å². The topological polar surface area (TPSA) is 29.5 Å². The highest BCUT2D eigenvalue weighted by molar-refractivity contribution is 9.09. The van der Waals surface area contributed by atoms with Gasteiger partial charge in [0.25, 0.3) is 0 Å². The Balaban J connectivity index is 1.50. The molecule has 1 N–H and O–H groups in total. The molecule has 0 unspecified atom stereocenters. The SMILES string of the molecule is C[C@]1(O)CC[C@H]2[C@@H]3CC[C@H]4C[C@H](Br)[C@@H]5C[C@]4(CO5)[C@H]3CC[C@@]21C. The normalized spacial score (nSPS) is 64.2. The van der Waals surface area contributed by atoms with Crippen molar-refractivity contribution in [3.63, 3.8) is 0 Å². The van der Waals surface area contributed by atoms with E-state index >= 15 is 0 Å². The van der Waals surface area contributed by atoms with E-state index < -0.39 is 5.60 Å². The number of aliphatic hydroxyl groups is 1.